The fraction of sp³-hybridized carbons (Fsp3) is 0.667. The average Bonchev–Trinajstić information content (AvgIpc) is 3.36. The molecule has 45 heavy (non-hydrogen) atoms. The van der Waals surface area contributed by atoms with Crippen LogP contribution in [0.5, 0.6) is 5.75 Å². The van der Waals surface area contributed by atoms with Gasteiger partial charge in [0.05, 0.1) is 22.8 Å². The van der Waals surface area contributed by atoms with E-state index in [1.807, 2.05) is 6.92 Å². The molecule has 0 radical (unpaired) electrons. The minimum Gasteiger partial charge on any atom is -0.493 e. The molecule has 2 aromatic heterocycles. The number of aromatic amines is 1. The number of H-pyrrole nitrogens is 1. The molecule has 0 aliphatic rings. The van der Waals surface area contributed by atoms with Gasteiger partial charge in [0.25, 0.3) is 5.56 Å². The Morgan fingerprint density at radius 1 is 0.822 bits per heavy atom. The highest BCUT2D eigenvalue weighted by Crippen LogP contribution is 2.31. The Kier molecular flexibility index (Phi) is 14.5. The van der Waals surface area contributed by atoms with Gasteiger partial charge < -0.3 is 19.5 Å². The summed E-state index contributed by atoms with van der Waals surface area (Å²) in [5.41, 5.74) is 1.29. The maximum absolute atomic E-state index is 14.3. The van der Waals surface area contributed by atoms with Crippen LogP contribution in [0.3, 0.4) is 0 Å². The summed E-state index contributed by atoms with van der Waals surface area (Å²) in [5.74, 6) is 1.42. The highest BCUT2D eigenvalue weighted by atomic mass is 32.2. The molecule has 0 aliphatic carbocycles. The van der Waals surface area contributed by atoms with Gasteiger partial charge in [0.1, 0.15) is 11.6 Å². The number of aryl methyl sites for hydroxylation is 2. The average molecular weight is 646 g/mol. The molecule has 3 aromatic rings. The molecule has 0 bridgehead atoms. The van der Waals surface area contributed by atoms with Crippen LogP contribution in [0.15, 0.2) is 27.9 Å². The van der Waals surface area contributed by atoms with Crippen molar-refractivity contribution in [3.8, 4) is 17.1 Å². The molecule has 0 amide bonds. The number of rotatable bonds is 21. The largest absolute Gasteiger partial charge is 0.493 e. The maximum atomic E-state index is 14.3. The van der Waals surface area contributed by atoms with Crippen LogP contribution >= 0.6 is 0 Å². The van der Waals surface area contributed by atoms with E-state index in [1.54, 1.807) is 27.0 Å². The van der Waals surface area contributed by atoms with Crippen LogP contribution in [0.1, 0.15) is 85.7 Å². The maximum Gasteiger partial charge on any atom is 0.277 e. The van der Waals surface area contributed by atoms with Crippen molar-refractivity contribution >= 4 is 15.5 Å². The first-order valence-corrected chi connectivity index (χ1v) is 18.3. The molecule has 1 aromatic carbocycles. The highest BCUT2D eigenvalue weighted by molar-refractivity contribution is 7.89. The highest BCUT2D eigenvalue weighted by Gasteiger charge is 2.27. The summed E-state index contributed by atoms with van der Waals surface area (Å²) in [4.78, 5) is 25.9. The van der Waals surface area contributed by atoms with E-state index in [0.29, 0.717) is 62.5 Å². The third kappa shape index (κ3) is 9.15. The summed E-state index contributed by atoms with van der Waals surface area (Å²) in [7, 11) is -3.89. The van der Waals surface area contributed by atoms with Crippen LogP contribution in [0.4, 0.5) is 0 Å². The van der Waals surface area contributed by atoms with Gasteiger partial charge in [0, 0.05) is 32.6 Å². The Labute approximate surface area is 270 Å². The van der Waals surface area contributed by atoms with E-state index in [4.69, 9.17) is 14.8 Å². The normalized spacial score (nSPS) is 12.3. The number of benzene rings is 1. The third-order valence-corrected chi connectivity index (χ3v) is 9.94. The molecule has 1 N–H and O–H groups in total. The van der Waals surface area contributed by atoms with Crippen molar-refractivity contribution in [2.75, 3.05) is 59.0 Å². The van der Waals surface area contributed by atoms with Crippen molar-refractivity contribution in [1.29, 1.82) is 0 Å². The van der Waals surface area contributed by atoms with E-state index >= 15 is 0 Å². The van der Waals surface area contributed by atoms with Gasteiger partial charge in [0.15, 0.2) is 11.3 Å². The summed E-state index contributed by atoms with van der Waals surface area (Å²) < 4.78 is 37.8. The minimum atomic E-state index is -3.89. The number of ether oxygens (including phenoxy) is 1. The third-order valence-electron chi connectivity index (χ3n) is 8.05. The monoisotopic (exact) mass is 645 g/mol. The number of hydrogen-bond acceptors (Lipinski definition) is 8. The summed E-state index contributed by atoms with van der Waals surface area (Å²) in [5, 5.41) is 4.82. The molecule has 0 spiro atoms. The number of sulfonamides is 1. The number of hydrogen-bond donors (Lipinski definition) is 1. The first kappa shape index (κ1) is 36.7. The number of nitrogens with zero attached hydrogens (tertiary/aromatic N) is 6. The van der Waals surface area contributed by atoms with Gasteiger partial charge in [-0.05, 0) is 77.0 Å². The van der Waals surface area contributed by atoms with Crippen molar-refractivity contribution in [3.05, 3.63) is 40.1 Å². The summed E-state index contributed by atoms with van der Waals surface area (Å²) in [6, 6.07) is 4.86. The lowest BCUT2D eigenvalue weighted by atomic mass is 10.2. The summed E-state index contributed by atoms with van der Waals surface area (Å²) in [6.07, 6.45) is 5.08. The Morgan fingerprint density at radius 2 is 1.47 bits per heavy atom. The lowest BCUT2D eigenvalue weighted by molar-refractivity contribution is 0.230. The minimum absolute atomic E-state index is 0.145. The van der Waals surface area contributed by atoms with Crippen LogP contribution in [0.2, 0.25) is 0 Å². The molecule has 0 fully saturated rings. The van der Waals surface area contributed by atoms with Crippen LogP contribution in [-0.2, 0) is 22.9 Å². The molecule has 0 saturated carbocycles. The summed E-state index contributed by atoms with van der Waals surface area (Å²) in [6.45, 7) is 20.5. The number of likely N-dealkylation sites (N-methyl/N-ethyl adjacent to an activating group) is 1. The first-order chi connectivity index (χ1) is 21.7. The predicted molar refractivity (Wildman–Crippen MR) is 182 cm³/mol. The van der Waals surface area contributed by atoms with Gasteiger partial charge >= 0.3 is 0 Å². The van der Waals surface area contributed by atoms with Crippen molar-refractivity contribution < 1.29 is 13.2 Å². The zero-order chi connectivity index (χ0) is 33.0. The van der Waals surface area contributed by atoms with E-state index in [2.05, 4.69) is 56.3 Å². The number of imidazole rings is 1. The lowest BCUT2D eigenvalue weighted by Gasteiger charge is -2.29. The van der Waals surface area contributed by atoms with Gasteiger partial charge in [0.2, 0.25) is 10.0 Å². The fourth-order valence-corrected chi connectivity index (χ4v) is 7.15. The van der Waals surface area contributed by atoms with Gasteiger partial charge in [-0.3, -0.25) is 4.79 Å². The Bertz CT molecular complexity index is 1510. The van der Waals surface area contributed by atoms with Crippen LogP contribution < -0.4 is 10.3 Å². The van der Waals surface area contributed by atoms with E-state index in [1.165, 1.54) is 0 Å². The first-order valence-electron chi connectivity index (χ1n) is 16.9. The SMILES string of the molecule is CCCc1nc(CCC)n2nc(-c3cc(S(=O)(=O)N(CCN(CC)CC)CCN(CCC)CCC)ccc3OCC)[nH]c(=O)c12. The molecule has 0 atom stereocenters. The van der Waals surface area contributed by atoms with E-state index in [9.17, 15) is 13.2 Å². The molecule has 11 nitrogen and oxygen atoms in total. The molecular formula is C33H55N7O4S. The van der Waals surface area contributed by atoms with Crippen LogP contribution in [0, 0.1) is 0 Å². The predicted octanol–water partition coefficient (Wildman–Crippen LogP) is 4.84. The van der Waals surface area contributed by atoms with E-state index in [-0.39, 0.29) is 16.3 Å². The molecule has 12 heteroatoms. The van der Waals surface area contributed by atoms with Gasteiger partial charge in [-0.15, -0.1) is 5.10 Å². The van der Waals surface area contributed by atoms with Crippen molar-refractivity contribution in [1.82, 2.24) is 33.7 Å². The van der Waals surface area contributed by atoms with Gasteiger partial charge in [-0.25, -0.2) is 17.9 Å². The van der Waals surface area contributed by atoms with Crippen LogP contribution in [-0.4, -0.2) is 101 Å². The van der Waals surface area contributed by atoms with Crippen LogP contribution in [0.25, 0.3) is 16.9 Å². The van der Waals surface area contributed by atoms with E-state index < -0.39 is 10.0 Å². The van der Waals surface area contributed by atoms with Crippen molar-refractivity contribution in [2.24, 2.45) is 0 Å². The van der Waals surface area contributed by atoms with Gasteiger partial charge in [-0.2, -0.15) is 4.31 Å². The molecule has 2 heterocycles. The number of aromatic nitrogens is 4. The molecular weight excluding hydrogens is 590 g/mol. The topological polar surface area (TPSA) is 116 Å². The Hall–Kier alpha value is -2.80. The fourth-order valence-electron chi connectivity index (χ4n) is 5.70. The number of fused-ring (bicyclic) bond motifs is 1. The Balaban J connectivity index is 2.12. The second-order valence-electron chi connectivity index (χ2n) is 11.4. The Morgan fingerprint density at radius 3 is 2.04 bits per heavy atom. The molecule has 0 saturated heterocycles. The molecule has 252 valence electrons. The smallest absolute Gasteiger partial charge is 0.277 e. The lowest BCUT2D eigenvalue weighted by Crippen LogP contribution is -2.43. The standard InChI is InChI=1S/C33H55N7O4S/c1-8-15-28-31-33(41)35-32(36-40(31)30(34-28)16-9-2)27-25-26(17-18-29(27)44-14-7)45(42,43)39(23-21-37(12-5)13-6)24-22-38(19-10-3)20-11-4/h17-18,25H,8-16,19-24H2,1-7H3,(H,35,36,41). The molecule has 3 rings (SSSR count). The second-order valence-corrected chi connectivity index (χ2v) is 13.3. The van der Waals surface area contributed by atoms with Crippen molar-refractivity contribution in [2.45, 2.75) is 91.9 Å². The van der Waals surface area contributed by atoms with E-state index in [0.717, 1.165) is 63.4 Å². The molecule has 0 aliphatic heterocycles. The zero-order valence-corrected chi connectivity index (χ0v) is 29.4. The number of nitrogens with one attached hydrogen (secondary N) is 1. The zero-order valence-electron chi connectivity index (χ0n) is 28.6. The second kappa shape index (κ2) is 17.8. The summed E-state index contributed by atoms with van der Waals surface area (Å²) >= 11 is 0. The molecule has 0 unspecified atom stereocenters. The quantitative estimate of drug-likeness (QED) is 0.175. The van der Waals surface area contributed by atoms with Gasteiger partial charge in [-0.1, -0.05) is 48.0 Å². The van der Waals surface area contributed by atoms with Crippen molar-refractivity contribution in [3.63, 3.8) is 0 Å².